The van der Waals surface area contributed by atoms with E-state index in [1.807, 2.05) is 43.0 Å². The van der Waals surface area contributed by atoms with Crippen molar-refractivity contribution in [2.24, 2.45) is 0 Å². The summed E-state index contributed by atoms with van der Waals surface area (Å²) >= 11 is 0. The van der Waals surface area contributed by atoms with Crippen molar-refractivity contribution in [2.75, 3.05) is 16.8 Å². The van der Waals surface area contributed by atoms with E-state index in [4.69, 9.17) is 0 Å². The van der Waals surface area contributed by atoms with Gasteiger partial charge in [-0.25, -0.2) is 9.97 Å². The predicted molar refractivity (Wildman–Crippen MR) is 98.1 cm³/mol. The van der Waals surface area contributed by atoms with E-state index in [0.29, 0.717) is 11.3 Å². The van der Waals surface area contributed by atoms with Gasteiger partial charge in [-0.2, -0.15) is 0 Å². The summed E-state index contributed by atoms with van der Waals surface area (Å²) in [6.45, 7) is 4.72. The summed E-state index contributed by atoms with van der Waals surface area (Å²) in [5.41, 5.74) is 4.03. The molecule has 1 N–H and O–H groups in total. The van der Waals surface area contributed by atoms with Crippen LogP contribution in [0.3, 0.4) is 0 Å². The van der Waals surface area contributed by atoms with Crippen molar-refractivity contribution < 1.29 is 4.79 Å². The molecule has 0 unspecified atom stereocenters. The van der Waals surface area contributed by atoms with Crippen LogP contribution in [0.2, 0.25) is 0 Å². The summed E-state index contributed by atoms with van der Waals surface area (Å²) in [4.78, 5) is 26.8. The number of aryl methyl sites for hydroxylation is 1. The summed E-state index contributed by atoms with van der Waals surface area (Å²) in [5, 5.41) is 2.90. The van der Waals surface area contributed by atoms with E-state index in [2.05, 4.69) is 20.3 Å². The van der Waals surface area contributed by atoms with E-state index in [0.717, 1.165) is 23.5 Å². The number of carbonyl (C=O) groups excluding carboxylic acids is 1. The monoisotopic (exact) mass is 333 g/mol. The molecule has 126 valence electrons. The molecule has 25 heavy (non-hydrogen) atoms. The molecule has 0 aliphatic rings. The molecule has 3 rings (SSSR count). The van der Waals surface area contributed by atoms with Crippen LogP contribution < -0.4 is 10.2 Å². The molecule has 0 saturated carbocycles. The number of carbonyl (C=O) groups is 1. The van der Waals surface area contributed by atoms with Crippen LogP contribution in [0.5, 0.6) is 0 Å². The molecule has 0 radical (unpaired) electrons. The third-order valence-electron chi connectivity index (χ3n) is 3.75. The fraction of sp³-hybridized carbons (Fsp3) is 0.158. The summed E-state index contributed by atoms with van der Waals surface area (Å²) < 4.78 is 0. The number of pyridine rings is 1. The molecule has 0 aliphatic heterocycles. The van der Waals surface area contributed by atoms with Gasteiger partial charge in [0.05, 0.1) is 41.8 Å². The Morgan fingerprint density at radius 1 is 1.04 bits per heavy atom. The molecule has 6 nitrogen and oxygen atoms in total. The molecule has 6 heteroatoms. The Hall–Kier alpha value is -3.28. The zero-order chi connectivity index (χ0) is 17.6. The Balaban J connectivity index is 1.82. The minimum absolute atomic E-state index is 0.159. The normalized spacial score (nSPS) is 10.3. The number of amides is 1. The van der Waals surface area contributed by atoms with Gasteiger partial charge in [-0.1, -0.05) is 17.7 Å². The topological polar surface area (TPSA) is 71.0 Å². The van der Waals surface area contributed by atoms with Crippen molar-refractivity contribution in [1.29, 1.82) is 0 Å². The highest BCUT2D eigenvalue weighted by atomic mass is 16.1. The SMILES string of the molecule is CCN(c1cncnc1)c1cncc(NC(=O)c2cccc(C)c2)c1. The number of rotatable bonds is 5. The molecule has 0 bridgehead atoms. The Bertz CT molecular complexity index is 866. The first kappa shape index (κ1) is 16.6. The molecule has 0 spiro atoms. The maximum absolute atomic E-state index is 12.4. The lowest BCUT2D eigenvalue weighted by Gasteiger charge is -2.22. The van der Waals surface area contributed by atoms with Gasteiger partial charge in [-0.3, -0.25) is 9.78 Å². The molecule has 0 aliphatic carbocycles. The fourth-order valence-electron chi connectivity index (χ4n) is 2.58. The summed E-state index contributed by atoms with van der Waals surface area (Å²) in [6.07, 6.45) is 8.36. The number of nitrogens with one attached hydrogen (secondary N) is 1. The number of benzene rings is 1. The number of nitrogens with zero attached hydrogens (tertiary/aromatic N) is 4. The summed E-state index contributed by atoms with van der Waals surface area (Å²) in [7, 11) is 0. The molecule has 2 aromatic heterocycles. The molecule has 3 aromatic rings. The molecule has 0 fully saturated rings. The Morgan fingerprint density at radius 3 is 2.52 bits per heavy atom. The van der Waals surface area contributed by atoms with Gasteiger partial charge in [0.2, 0.25) is 0 Å². The van der Waals surface area contributed by atoms with E-state index in [9.17, 15) is 4.79 Å². The van der Waals surface area contributed by atoms with E-state index in [1.165, 1.54) is 6.33 Å². The standard InChI is InChI=1S/C19H19N5O/c1-3-24(18-11-21-13-22-12-18)17-8-16(9-20-10-17)23-19(25)15-6-4-5-14(2)7-15/h4-13H,3H2,1-2H3,(H,23,25). The van der Waals surface area contributed by atoms with Gasteiger partial charge in [0.1, 0.15) is 6.33 Å². The van der Waals surface area contributed by atoms with Gasteiger partial charge in [-0.05, 0) is 32.0 Å². The third kappa shape index (κ3) is 3.98. The largest absolute Gasteiger partial charge is 0.338 e. The average Bonchev–Trinajstić information content (AvgIpc) is 2.64. The first-order valence-corrected chi connectivity index (χ1v) is 8.03. The molecule has 1 aromatic carbocycles. The van der Waals surface area contributed by atoms with Gasteiger partial charge < -0.3 is 10.2 Å². The molecule has 0 atom stereocenters. The van der Waals surface area contributed by atoms with Crippen molar-refractivity contribution in [3.05, 3.63) is 72.6 Å². The maximum Gasteiger partial charge on any atom is 0.255 e. The van der Waals surface area contributed by atoms with E-state index >= 15 is 0 Å². The van der Waals surface area contributed by atoms with Crippen molar-refractivity contribution in [3.8, 4) is 0 Å². The first-order chi connectivity index (χ1) is 12.2. The van der Waals surface area contributed by atoms with Crippen LogP contribution in [0.4, 0.5) is 17.1 Å². The molecular formula is C19H19N5O. The summed E-state index contributed by atoms with van der Waals surface area (Å²) in [6, 6.07) is 9.36. The molecule has 1 amide bonds. The number of anilines is 3. The highest BCUT2D eigenvalue weighted by Gasteiger charge is 2.11. The first-order valence-electron chi connectivity index (χ1n) is 8.03. The van der Waals surface area contributed by atoms with Crippen LogP contribution >= 0.6 is 0 Å². The van der Waals surface area contributed by atoms with Crippen LogP contribution in [0.25, 0.3) is 0 Å². The van der Waals surface area contributed by atoms with Crippen LogP contribution in [0, 0.1) is 6.92 Å². The van der Waals surface area contributed by atoms with E-state index in [1.54, 1.807) is 30.9 Å². The zero-order valence-electron chi connectivity index (χ0n) is 14.2. The lowest BCUT2D eigenvalue weighted by atomic mass is 10.1. The number of hydrogen-bond donors (Lipinski definition) is 1. The Morgan fingerprint density at radius 2 is 1.80 bits per heavy atom. The van der Waals surface area contributed by atoms with Crippen LogP contribution in [0.15, 0.2) is 61.4 Å². The molecular weight excluding hydrogens is 314 g/mol. The van der Waals surface area contributed by atoms with Crippen molar-refractivity contribution >= 4 is 23.0 Å². The zero-order valence-corrected chi connectivity index (χ0v) is 14.2. The van der Waals surface area contributed by atoms with Crippen molar-refractivity contribution in [2.45, 2.75) is 13.8 Å². The third-order valence-corrected chi connectivity index (χ3v) is 3.75. The van der Waals surface area contributed by atoms with Crippen molar-refractivity contribution in [1.82, 2.24) is 15.0 Å². The highest BCUT2D eigenvalue weighted by molar-refractivity contribution is 6.04. The van der Waals surface area contributed by atoms with Crippen LogP contribution in [-0.4, -0.2) is 27.4 Å². The fourth-order valence-corrected chi connectivity index (χ4v) is 2.58. The van der Waals surface area contributed by atoms with Gasteiger partial charge >= 0.3 is 0 Å². The highest BCUT2D eigenvalue weighted by Crippen LogP contribution is 2.25. The second kappa shape index (κ2) is 7.53. The lowest BCUT2D eigenvalue weighted by Crippen LogP contribution is -2.17. The quantitative estimate of drug-likeness (QED) is 0.772. The van der Waals surface area contributed by atoms with Crippen LogP contribution in [0.1, 0.15) is 22.8 Å². The molecule has 0 saturated heterocycles. The van der Waals surface area contributed by atoms with Gasteiger partial charge in [0.15, 0.2) is 0 Å². The number of hydrogen-bond acceptors (Lipinski definition) is 5. The van der Waals surface area contributed by atoms with Crippen LogP contribution in [-0.2, 0) is 0 Å². The Kier molecular flexibility index (Phi) is 4.99. The van der Waals surface area contributed by atoms with E-state index in [-0.39, 0.29) is 5.91 Å². The van der Waals surface area contributed by atoms with Crippen molar-refractivity contribution in [3.63, 3.8) is 0 Å². The number of aromatic nitrogens is 3. The van der Waals surface area contributed by atoms with Gasteiger partial charge in [0.25, 0.3) is 5.91 Å². The van der Waals surface area contributed by atoms with Gasteiger partial charge in [-0.15, -0.1) is 0 Å². The average molecular weight is 333 g/mol. The minimum Gasteiger partial charge on any atom is -0.338 e. The second-order valence-corrected chi connectivity index (χ2v) is 5.60. The van der Waals surface area contributed by atoms with Gasteiger partial charge in [0, 0.05) is 12.1 Å². The molecule has 2 heterocycles. The lowest BCUT2D eigenvalue weighted by molar-refractivity contribution is 0.102. The summed E-state index contributed by atoms with van der Waals surface area (Å²) in [5.74, 6) is -0.159. The maximum atomic E-state index is 12.4. The van der Waals surface area contributed by atoms with E-state index < -0.39 is 0 Å². The predicted octanol–water partition coefficient (Wildman–Crippen LogP) is 3.59. The second-order valence-electron chi connectivity index (χ2n) is 5.60. The Labute approximate surface area is 146 Å². The smallest absolute Gasteiger partial charge is 0.255 e. The minimum atomic E-state index is -0.159.